The van der Waals surface area contributed by atoms with Gasteiger partial charge in [-0.3, -0.25) is 9.59 Å². The standard InChI is InChI=1S/C11H21N3O2/c1-9(15)14-7-4-10(5-8-14)13-6-3-11(16)12-2/h10,13H,3-8H2,1-2H3,(H,12,16). The van der Waals surface area contributed by atoms with Crippen molar-refractivity contribution in [2.45, 2.75) is 32.2 Å². The number of carbonyl (C=O) groups is 2. The van der Waals surface area contributed by atoms with Gasteiger partial charge in [-0.05, 0) is 12.8 Å². The van der Waals surface area contributed by atoms with E-state index in [9.17, 15) is 9.59 Å². The van der Waals surface area contributed by atoms with Crippen LogP contribution in [0, 0.1) is 0 Å². The van der Waals surface area contributed by atoms with E-state index in [1.165, 1.54) is 0 Å². The zero-order valence-electron chi connectivity index (χ0n) is 10.1. The molecule has 1 heterocycles. The molecule has 0 aromatic carbocycles. The predicted octanol–water partition coefficient (Wildman–Crippen LogP) is -0.277. The van der Waals surface area contributed by atoms with E-state index in [-0.39, 0.29) is 11.8 Å². The molecule has 1 saturated heterocycles. The van der Waals surface area contributed by atoms with Gasteiger partial charge < -0.3 is 15.5 Å². The molecule has 0 aromatic heterocycles. The van der Waals surface area contributed by atoms with Gasteiger partial charge >= 0.3 is 0 Å². The van der Waals surface area contributed by atoms with Gasteiger partial charge in [0.15, 0.2) is 0 Å². The van der Waals surface area contributed by atoms with Crippen LogP contribution in [0.4, 0.5) is 0 Å². The summed E-state index contributed by atoms with van der Waals surface area (Å²) in [5, 5.41) is 5.94. The van der Waals surface area contributed by atoms with Crippen molar-refractivity contribution in [3.8, 4) is 0 Å². The number of nitrogens with one attached hydrogen (secondary N) is 2. The number of rotatable bonds is 4. The van der Waals surface area contributed by atoms with Crippen molar-refractivity contribution in [1.82, 2.24) is 15.5 Å². The Morgan fingerprint density at radius 1 is 1.31 bits per heavy atom. The van der Waals surface area contributed by atoms with Gasteiger partial charge in [0.2, 0.25) is 11.8 Å². The van der Waals surface area contributed by atoms with Crippen LogP contribution in [0.1, 0.15) is 26.2 Å². The molecule has 5 nitrogen and oxygen atoms in total. The maximum Gasteiger partial charge on any atom is 0.221 e. The van der Waals surface area contributed by atoms with Gasteiger partial charge in [-0.15, -0.1) is 0 Å². The van der Waals surface area contributed by atoms with Crippen LogP contribution >= 0.6 is 0 Å². The van der Waals surface area contributed by atoms with Crippen LogP contribution in [0.15, 0.2) is 0 Å². The predicted molar refractivity (Wildman–Crippen MR) is 62.0 cm³/mol. The average Bonchev–Trinajstić information content (AvgIpc) is 2.29. The minimum Gasteiger partial charge on any atom is -0.359 e. The average molecular weight is 227 g/mol. The number of hydrogen-bond donors (Lipinski definition) is 2. The van der Waals surface area contributed by atoms with Crippen molar-refractivity contribution < 1.29 is 9.59 Å². The van der Waals surface area contributed by atoms with E-state index in [2.05, 4.69) is 10.6 Å². The molecule has 0 spiro atoms. The normalized spacial score (nSPS) is 17.2. The van der Waals surface area contributed by atoms with Gasteiger partial charge in [-0.1, -0.05) is 0 Å². The van der Waals surface area contributed by atoms with E-state index in [1.54, 1.807) is 14.0 Å². The number of amides is 2. The summed E-state index contributed by atoms with van der Waals surface area (Å²) in [5.41, 5.74) is 0. The summed E-state index contributed by atoms with van der Waals surface area (Å²) in [7, 11) is 1.65. The maximum atomic E-state index is 11.1. The molecule has 92 valence electrons. The quantitative estimate of drug-likeness (QED) is 0.694. The second-order valence-electron chi connectivity index (χ2n) is 4.16. The fraction of sp³-hybridized carbons (Fsp3) is 0.818. The lowest BCUT2D eigenvalue weighted by atomic mass is 10.0. The molecule has 0 radical (unpaired) electrons. The fourth-order valence-electron chi connectivity index (χ4n) is 1.91. The lowest BCUT2D eigenvalue weighted by Gasteiger charge is -2.31. The molecule has 0 atom stereocenters. The zero-order valence-corrected chi connectivity index (χ0v) is 10.1. The minimum atomic E-state index is 0.0636. The van der Waals surface area contributed by atoms with Crippen molar-refractivity contribution in [2.75, 3.05) is 26.7 Å². The maximum absolute atomic E-state index is 11.1. The number of carbonyl (C=O) groups excluding carboxylic acids is 2. The lowest BCUT2D eigenvalue weighted by Crippen LogP contribution is -2.44. The largest absolute Gasteiger partial charge is 0.359 e. The molecule has 16 heavy (non-hydrogen) atoms. The summed E-state index contributed by atoms with van der Waals surface area (Å²) < 4.78 is 0. The van der Waals surface area contributed by atoms with Crippen LogP contribution in [0.2, 0.25) is 0 Å². The highest BCUT2D eigenvalue weighted by molar-refractivity contribution is 5.75. The number of likely N-dealkylation sites (tertiary alicyclic amines) is 1. The van der Waals surface area contributed by atoms with E-state index in [4.69, 9.17) is 0 Å². The molecule has 0 aliphatic carbocycles. The first-order valence-electron chi connectivity index (χ1n) is 5.83. The molecule has 0 saturated carbocycles. The van der Waals surface area contributed by atoms with Crippen LogP contribution in [0.3, 0.4) is 0 Å². The van der Waals surface area contributed by atoms with Crippen LogP contribution in [0.25, 0.3) is 0 Å². The van der Waals surface area contributed by atoms with Crippen molar-refractivity contribution in [1.29, 1.82) is 0 Å². The molecule has 1 aliphatic heterocycles. The summed E-state index contributed by atoms with van der Waals surface area (Å²) in [4.78, 5) is 24.0. The molecule has 1 rings (SSSR count). The van der Waals surface area contributed by atoms with Crippen LogP contribution < -0.4 is 10.6 Å². The molecule has 2 amide bonds. The first-order chi connectivity index (χ1) is 7.63. The van der Waals surface area contributed by atoms with Gasteiger partial charge in [0.1, 0.15) is 0 Å². The SMILES string of the molecule is CNC(=O)CCNC1CCN(C(C)=O)CC1. The van der Waals surface area contributed by atoms with Crippen molar-refractivity contribution in [3.63, 3.8) is 0 Å². The topological polar surface area (TPSA) is 61.4 Å². The molecular formula is C11H21N3O2. The lowest BCUT2D eigenvalue weighted by molar-refractivity contribution is -0.129. The highest BCUT2D eigenvalue weighted by Crippen LogP contribution is 2.10. The van der Waals surface area contributed by atoms with Gasteiger partial charge in [0.25, 0.3) is 0 Å². The third kappa shape index (κ3) is 4.18. The Labute approximate surface area is 96.6 Å². The number of nitrogens with zero attached hydrogens (tertiary/aromatic N) is 1. The molecule has 1 aliphatic rings. The Hall–Kier alpha value is -1.10. The molecular weight excluding hydrogens is 206 g/mol. The Balaban J connectivity index is 2.13. The van der Waals surface area contributed by atoms with E-state index in [0.717, 1.165) is 25.9 Å². The van der Waals surface area contributed by atoms with Crippen LogP contribution in [-0.2, 0) is 9.59 Å². The summed E-state index contributed by atoms with van der Waals surface area (Å²) in [6.45, 7) is 3.98. The van der Waals surface area contributed by atoms with E-state index >= 15 is 0 Å². The summed E-state index contributed by atoms with van der Waals surface area (Å²) in [5.74, 6) is 0.220. The Morgan fingerprint density at radius 2 is 1.94 bits per heavy atom. The molecule has 0 bridgehead atoms. The Kier molecular flexibility index (Phi) is 5.25. The third-order valence-electron chi connectivity index (χ3n) is 3.00. The molecule has 0 unspecified atom stereocenters. The zero-order chi connectivity index (χ0) is 12.0. The number of hydrogen-bond acceptors (Lipinski definition) is 3. The molecule has 0 aromatic rings. The van der Waals surface area contributed by atoms with Gasteiger partial charge in [0, 0.05) is 46.1 Å². The van der Waals surface area contributed by atoms with Gasteiger partial charge in [0.05, 0.1) is 0 Å². The first-order valence-corrected chi connectivity index (χ1v) is 5.83. The van der Waals surface area contributed by atoms with Gasteiger partial charge in [-0.2, -0.15) is 0 Å². The summed E-state index contributed by atoms with van der Waals surface area (Å²) in [6, 6.07) is 0.445. The Bertz CT molecular complexity index is 248. The van der Waals surface area contributed by atoms with Crippen molar-refractivity contribution in [3.05, 3.63) is 0 Å². The smallest absolute Gasteiger partial charge is 0.221 e. The van der Waals surface area contributed by atoms with E-state index in [1.807, 2.05) is 4.90 Å². The summed E-state index contributed by atoms with van der Waals surface area (Å²) >= 11 is 0. The number of piperidine rings is 1. The Morgan fingerprint density at radius 3 is 2.44 bits per heavy atom. The van der Waals surface area contributed by atoms with Crippen molar-refractivity contribution >= 4 is 11.8 Å². The fourth-order valence-corrected chi connectivity index (χ4v) is 1.91. The second kappa shape index (κ2) is 6.48. The van der Waals surface area contributed by atoms with Crippen LogP contribution in [0.5, 0.6) is 0 Å². The highest BCUT2D eigenvalue weighted by atomic mass is 16.2. The van der Waals surface area contributed by atoms with E-state index in [0.29, 0.717) is 19.0 Å². The summed E-state index contributed by atoms with van der Waals surface area (Å²) in [6.07, 6.45) is 2.48. The van der Waals surface area contributed by atoms with E-state index < -0.39 is 0 Å². The molecule has 5 heteroatoms. The third-order valence-corrected chi connectivity index (χ3v) is 3.00. The second-order valence-corrected chi connectivity index (χ2v) is 4.16. The highest BCUT2D eigenvalue weighted by Gasteiger charge is 2.19. The first kappa shape index (κ1) is 13.0. The van der Waals surface area contributed by atoms with Crippen LogP contribution in [-0.4, -0.2) is 49.4 Å². The van der Waals surface area contributed by atoms with Gasteiger partial charge in [-0.25, -0.2) is 0 Å². The van der Waals surface area contributed by atoms with Crippen molar-refractivity contribution in [2.24, 2.45) is 0 Å². The monoisotopic (exact) mass is 227 g/mol. The molecule has 1 fully saturated rings. The minimum absolute atomic E-state index is 0.0636. The molecule has 2 N–H and O–H groups in total.